The largest absolute Gasteiger partial charge is 0.471 e. The number of carbonyl (C=O) groups is 1. The van der Waals surface area contributed by atoms with E-state index in [0.29, 0.717) is 12.8 Å². The molecule has 1 aliphatic rings. The zero-order valence-corrected chi connectivity index (χ0v) is 9.90. The molecule has 0 spiro atoms. The van der Waals surface area contributed by atoms with Crippen LogP contribution < -0.4 is 0 Å². The number of amides is 1. The molecule has 94 valence electrons. The number of nitrogens with zero attached hydrogens (tertiary/aromatic N) is 1. The van der Waals surface area contributed by atoms with Crippen molar-refractivity contribution in [1.29, 1.82) is 0 Å². The lowest BCUT2D eigenvalue weighted by atomic mass is 9.80. The van der Waals surface area contributed by atoms with E-state index in [4.69, 9.17) is 0 Å². The SMILES string of the molecule is CC(C)(C)C1CCCCN1C(=O)C(F)(F)F. The lowest BCUT2D eigenvalue weighted by Crippen LogP contribution is -2.54. The molecule has 0 bridgehead atoms. The maximum absolute atomic E-state index is 12.4. The summed E-state index contributed by atoms with van der Waals surface area (Å²) in [4.78, 5) is 12.3. The Hall–Kier alpha value is -0.740. The van der Waals surface area contributed by atoms with Gasteiger partial charge in [-0.1, -0.05) is 20.8 Å². The van der Waals surface area contributed by atoms with E-state index in [1.54, 1.807) is 0 Å². The summed E-state index contributed by atoms with van der Waals surface area (Å²) in [6.07, 6.45) is -2.54. The summed E-state index contributed by atoms with van der Waals surface area (Å²) < 4.78 is 37.2. The fraction of sp³-hybridized carbons (Fsp3) is 0.909. The molecule has 5 heteroatoms. The molecule has 1 fully saturated rings. The van der Waals surface area contributed by atoms with E-state index in [9.17, 15) is 18.0 Å². The molecular weight excluding hydrogens is 219 g/mol. The molecule has 1 atom stereocenters. The zero-order valence-electron chi connectivity index (χ0n) is 9.90. The van der Waals surface area contributed by atoms with Crippen molar-refractivity contribution in [3.63, 3.8) is 0 Å². The molecule has 0 aromatic heterocycles. The minimum Gasteiger partial charge on any atom is -0.331 e. The van der Waals surface area contributed by atoms with Crippen LogP contribution in [0.15, 0.2) is 0 Å². The van der Waals surface area contributed by atoms with Gasteiger partial charge in [-0.15, -0.1) is 0 Å². The van der Waals surface area contributed by atoms with Crippen LogP contribution in [0, 0.1) is 5.41 Å². The number of likely N-dealkylation sites (tertiary alicyclic amines) is 1. The molecule has 1 amide bonds. The average Bonchev–Trinajstić information content (AvgIpc) is 2.14. The first kappa shape index (κ1) is 13.3. The third-order valence-electron chi connectivity index (χ3n) is 3.01. The van der Waals surface area contributed by atoms with Crippen LogP contribution in [0.3, 0.4) is 0 Å². The topological polar surface area (TPSA) is 20.3 Å². The Morgan fingerprint density at radius 1 is 1.19 bits per heavy atom. The summed E-state index contributed by atoms with van der Waals surface area (Å²) in [5.41, 5.74) is -0.304. The predicted molar refractivity (Wildman–Crippen MR) is 54.9 cm³/mol. The number of carbonyl (C=O) groups excluding carboxylic acids is 1. The number of rotatable bonds is 0. The van der Waals surface area contributed by atoms with Crippen molar-refractivity contribution < 1.29 is 18.0 Å². The minimum atomic E-state index is -4.75. The third kappa shape index (κ3) is 2.89. The Bertz CT molecular complexity index is 267. The van der Waals surface area contributed by atoms with E-state index in [1.165, 1.54) is 0 Å². The molecule has 0 saturated carbocycles. The van der Waals surface area contributed by atoms with E-state index in [2.05, 4.69) is 0 Å². The Morgan fingerprint density at radius 2 is 1.75 bits per heavy atom. The molecule has 0 aromatic carbocycles. The standard InChI is InChI=1S/C11H18F3NO/c1-10(2,3)8-6-4-5-7-15(8)9(16)11(12,13)14/h8H,4-7H2,1-3H3. The normalized spacial score (nSPS) is 23.4. The summed E-state index contributed by atoms with van der Waals surface area (Å²) in [6.45, 7) is 5.85. The first-order valence-electron chi connectivity index (χ1n) is 5.52. The second kappa shape index (κ2) is 4.26. The lowest BCUT2D eigenvalue weighted by molar-refractivity contribution is -0.191. The highest BCUT2D eigenvalue weighted by atomic mass is 19.4. The van der Waals surface area contributed by atoms with E-state index in [0.717, 1.165) is 11.3 Å². The Balaban J connectivity index is 2.87. The van der Waals surface area contributed by atoms with Gasteiger partial charge in [0.05, 0.1) is 0 Å². The second-order valence-corrected chi connectivity index (χ2v) is 5.37. The van der Waals surface area contributed by atoms with Gasteiger partial charge in [-0.05, 0) is 24.7 Å². The zero-order chi connectivity index (χ0) is 12.6. The lowest BCUT2D eigenvalue weighted by Gasteiger charge is -2.43. The average molecular weight is 237 g/mol. The van der Waals surface area contributed by atoms with E-state index >= 15 is 0 Å². The first-order valence-corrected chi connectivity index (χ1v) is 5.52. The molecule has 0 N–H and O–H groups in total. The molecule has 1 unspecified atom stereocenters. The van der Waals surface area contributed by atoms with Crippen molar-refractivity contribution >= 4 is 5.91 Å². The Labute approximate surface area is 93.8 Å². The van der Waals surface area contributed by atoms with Crippen LogP contribution >= 0.6 is 0 Å². The van der Waals surface area contributed by atoms with Crippen molar-refractivity contribution in [1.82, 2.24) is 4.90 Å². The smallest absolute Gasteiger partial charge is 0.331 e. The van der Waals surface area contributed by atoms with Crippen molar-refractivity contribution in [3.8, 4) is 0 Å². The maximum Gasteiger partial charge on any atom is 0.471 e. The molecule has 0 aliphatic carbocycles. The summed E-state index contributed by atoms with van der Waals surface area (Å²) in [7, 11) is 0. The molecule has 0 radical (unpaired) electrons. The Morgan fingerprint density at radius 3 is 2.19 bits per heavy atom. The quantitative estimate of drug-likeness (QED) is 0.634. The van der Waals surface area contributed by atoms with Gasteiger partial charge in [0.25, 0.3) is 0 Å². The number of halogens is 3. The molecule has 1 aliphatic heterocycles. The van der Waals surface area contributed by atoms with Gasteiger partial charge in [-0.25, -0.2) is 0 Å². The highest BCUT2D eigenvalue weighted by Crippen LogP contribution is 2.34. The van der Waals surface area contributed by atoms with Crippen molar-refractivity contribution in [2.24, 2.45) is 5.41 Å². The molecule has 1 heterocycles. The molecular formula is C11H18F3NO. The molecule has 16 heavy (non-hydrogen) atoms. The monoisotopic (exact) mass is 237 g/mol. The number of hydrogen-bond donors (Lipinski definition) is 0. The van der Waals surface area contributed by atoms with Gasteiger partial charge in [0, 0.05) is 12.6 Å². The van der Waals surface area contributed by atoms with Gasteiger partial charge in [0.1, 0.15) is 0 Å². The van der Waals surface area contributed by atoms with Crippen LogP contribution in [0.5, 0.6) is 0 Å². The van der Waals surface area contributed by atoms with Gasteiger partial charge in [0.2, 0.25) is 0 Å². The first-order chi connectivity index (χ1) is 7.14. The number of piperidine rings is 1. The van der Waals surface area contributed by atoms with Crippen molar-refractivity contribution in [2.75, 3.05) is 6.54 Å². The van der Waals surface area contributed by atoms with E-state index in [1.807, 2.05) is 20.8 Å². The van der Waals surface area contributed by atoms with Crippen LogP contribution in [0.4, 0.5) is 13.2 Å². The Kier molecular flexibility index (Phi) is 3.55. The predicted octanol–water partition coefficient (Wildman–Crippen LogP) is 2.98. The summed E-state index contributed by atoms with van der Waals surface area (Å²) in [6, 6.07) is -0.310. The number of alkyl halides is 3. The maximum atomic E-state index is 12.4. The number of hydrogen-bond acceptors (Lipinski definition) is 1. The van der Waals surface area contributed by atoms with Gasteiger partial charge < -0.3 is 4.90 Å². The van der Waals surface area contributed by atoms with Gasteiger partial charge in [-0.2, -0.15) is 13.2 Å². The second-order valence-electron chi connectivity index (χ2n) is 5.37. The van der Waals surface area contributed by atoms with Gasteiger partial charge in [-0.3, -0.25) is 4.79 Å². The van der Waals surface area contributed by atoms with Crippen molar-refractivity contribution in [3.05, 3.63) is 0 Å². The molecule has 0 aromatic rings. The molecule has 2 nitrogen and oxygen atoms in total. The summed E-state index contributed by atoms with van der Waals surface area (Å²) in [5.74, 6) is -1.69. The van der Waals surface area contributed by atoms with Crippen LogP contribution in [0.1, 0.15) is 40.0 Å². The van der Waals surface area contributed by atoms with Gasteiger partial charge >= 0.3 is 12.1 Å². The van der Waals surface area contributed by atoms with E-state index in [-0.39, 0.29) is 18.0 Å². The highest BCUT2D eigenvalue weighted by molar-refractivity contribution is 5.82. The third-order valence-corrected chi connectivity index (χ3v) is 3.01. The van der Waals surface area contributed by atoms with Crippen molar-refractivity contribution in [2.45, 2.75) is 52.3 Å². The van der Waals surface area contributed by atoms with E-state index < -0.39 is 12.1 Å². The van der Waals surface area contributed by atoms with Crippen LogP contribution in [0.25, 0.3) is 0 Å². The van der Waals surface area contributed by atoms with Crippen LogP contribution in [0.2, 0.25) is 0 Å². The van der Waals surface area contributed by atoms with Crippen LogP contribution in [-0.2, 0) is 4.79 Å². The fourth-order valence-electron chi connectivity index (χ4n) is 2.24. The van der Waals surface area contributed by atoms with Gasteiger partial charge in [0.15, 0.2) is 0 Å². The van der Waals surface area contributed by atoms with Crippen LogP contribution in [-0.4, -0.2) is 29.6 Å². The minimum absolute atomic E-state index is 0.222. The molecule has 1 saturated heterocycles. The molecule has 1 rings (SSSR count). The highest BCUT2D eigenvalue weighted by Gasteiger charge is 2.47. The summed E-state index contributed by atoms with van der Waals surface area (Å²) >= 11 is 0. The summed E-state index contributed by atoms with van der Waals surface area (Å²) in [5, 5.41) is 0. The fourth-order valence-corrected chi connectivity index (χ4v) is 2.24.